The predicted octanol–water partition coefficient (Wildman–Crippen LogP) is 3.43. The Morgan fingerprint density at radius 2 is 1.81 bits per heavy atom. The highest BCUT2D eigenvalue weighted by Crippen LogP contribution is 2.20. The van der Waals surface area contributed by atoms with Gasteiger partial charge >= 0.3 is 0 Å². The predicted molar refractivity (Wildman–Crippen MR) is 102 cm³/mol. The number of amides is 1. The smallest absolute Gasteiger partial charge is 0.262 e. The second-order valence-corrected chi connectivity index (χ2v) is 7.84. The minimum absolute atomic E-state index is 0.144. The largest absolute Gasteiger partial charge is 0.484 e. The normalized spacial score (nSPS) is 12.4. The van der Waals surface area contributed by atoms with Crippen molar-refractivity contribution in [2.75, 3.05) is 11.9 Å². The summed E-state index contributed by atoms with van der Waals surface area (Å²) in [6, 6.07) is 12.6. The fourth-order valence-corrected chi connectivity index (χ4v) is 3.54. The molecule has 0 radical (unpaired) electrons. The number of halogens is 1. The molecule has 0 unspecified atom stereocenters. The third kappa shape index (κ3) is 5.72. The first-order valence-corrected chi connectivity index (χ1v) is 9.97. The number of rotatable bonds is 8. The van der Waals surface area contributed by atoms with Gasteiger partial charge in [0.25, 0.3) is 5.91 Å². The van der Waals surface area contributed by atoms with Gasteiger partial charge in [-0.25, -0.2) is 13.1 Å². The fraction of sp³-hybridized carbons (Fsp3) is 0.278. The molecule has 6 nitrogen and oxygen atoms in total. The topological polar surface area (TPSA) is 84.5 Å². The third-order valence-corrected chi connectivity index (χ3v) is 5.56. The zero-order valence-electron chi connectivity index (χ0n) is 14.5. The van der Waals surface area contributed by atoms with Crippen LogP contribution in [0.4, 0.5) is 5.69 Å². The van der Waals surface area contributed by atoms with E-state index in [-0.39, 0.29) is 23.5 Å². The minimum Gasteiger partial charge on any atom is -0.484 e. The third-order valence-electron chi connectivity index (χ3n) is 3.62. The molecule has 0 spiro atoms. The maximum absolute atomic E-state index is 12.2. The number of carbonyl (C=O) groups is 1. The molecule has 0 heterocycles. The average Bonchev–Trinajstić information content (AvgIpc) is 2.62. The average molecular weight is 397 g/mol. The number of para-hydroxylation sites is 1. The van der Waals surface area contributed by atoms with Gasteiger partial charge in [0, 0.05) is 6.04 Å². The van der Waals surface area contributed by atoms with E-state index in [0.29, 0.717) is 22.9 Å². The summed E-state index contributed by atoms with van der Waals surface area (Å²) in [5, 5.41) is 3.08. The minimum atomic E-state index is -3.56. The van der Waals surface area contributed by atoms with E-state index in [1.807, 2.05) is 6.92 Å². The summed E-state index contributed by atoms with van der Waals surface area (Å²) in [5.41, 5.74) is 0.500. The SMILES string of the molecule is CC[C@H](C)NS(=O)(=O)c1ccc(OCC(=O)Nc2ccccc2Cl)cc1. The van der Waals surface area contributed by atoms with Crippen LogP contribution in [0.1, 0.15) is 20.3 Å². The molecule has 0 bridgehead atoms. The summed E-state index contributed by atoms with van der Waals surface area (Å²) >= 11 is 5.97. The van der Waals surface area contributed by atoms with Crippen LogP contribution in [0.2, 0.25) is 5.02 Å². The van der Waals surface area contributed by atoms with Crippen LogP contribution in [0.15, 0.2) is 53.4 Å². The van der Waals surface area contributed by atoms with E-state index in [1.165, 1.54) is 24.3 Å². The second kappa shape index (κ2) is 9.02. The van der Waals surface area contributed by atoms with Crippen LogP contribution in [0.25, 0.3) is 0 Å². The van der Waals surface area contributed by atoms with Crippen molar-refractivity contribution in [2.24, 2.45) is 0 Å². The lowest BCUT2D eigenvalue weighted by atomic mass is 10.3. The first-order valence-electron chi connectivity index (χ1n) is 8.11. The Morgan fingerprint density at radius 1 is 1.15 bits per heavy atom. The number of hydrogen-bond acceptors (Lipinski definition) is 4. The number of benzene rings is 2. The number of nitrogens with one attached hydrogen (secondary N) is 2. The van der Waals surface area contributed by atoms with E-state index >= 15 is 0 Å². The Morgan fingerprint density at radius 3 is 2.42 bits per heavy atom. The Kier molecular flexibility index (Phi) is 7.02. The molecular weight excluding hydrogens is 376 g/mol. The zero-order valence-corrected chi connectivity index (χ0v) is 16.1. The molecule has 1 amide bonds. The summed E-state index contributed by atoms with van der Waals surface area (Å²) in [6.07, 6.45) is 0.695. The van der Waals surface area contributed by atoms with Gasteiger partial charge in [-0.05, 0) is 49.7 Å². The van der Waals surface area contributed by atoms with E-state index in [1.54, 1.807) is 31.2 Å². The van der Waals surface area contributed by atoms with Crippen molar-refractivity contribution >= 4 is 33.2 Å². The van der Waals surface area contributed by atoms with Crippen LogP contribution in [0, 0.1) is 0 Å². The van der Waals surface area contributed by atoms with Crippen LogP contribution < -0.4 is 14.8 Å². The molecule has 2 N–H and O–H groups in total. The summed E-state index contributed by atoms with van der Waals surface area (Å²) in [5.74, 6) is 0.0232. The van der Waals surface area contributed by atoms with Crippen molar-refractivity contribution in [3.63, 3.8) is 0 Å². The van der Waals surface area contributed by atoms with Gasteiger partial charge in [0.2, 0.25) is 10.0 Å². The Labute approximate surface area is 158 Å². The summed E-state index contributed by atoms with van der Waals surface area (Å²) < 4.78 is 32.3. The number of hydrogen-bond donors (Lipinski definition) is 2. The van der Waals surface area contributed by atoms with Crippen molar-refractivity contribution in [1.82, 2.24) is 4.72 Å². The van der Waals surface area contributed by atoms with Crippen molar-refractivity contribution in [3.05, 3.63) is 53.6 Å². The molecule has 2 aromatic carbocycles. The van der Waals surface area contributed by atoms with E-state index in [9.17, 15) is 13.2 Å². The lowest BCUT2D eigenvalue weighted by Crippen LogP contribution is -2.31. The van der Waals surface area contributed by atoms with Gasteiger partial charge in [0.05, 0.1) is 15.6 Å². The molecular formula is C18H21ClN2O4S. The molecule has 2 aromatic rings. The van der Waals surface area contributed by atoms with Crippen molar-refractivity contribution in [2.45, 2.75) is 31.2 Å². The second-order valence-electron chi connectivity index (χ2n) is 5.72. The first-order chi connectivity index (χ1) is 12.3. The molecule has 1 atom stereocenters. The van der Waals surface area contributed by atoms with Crippen LogP contribution in [-0.4, -0.2) is 27.0 Å². The Balaban J connectivity index is 1.93. The molecule has 26 heavy (non-hydrogen) atoms. The number of sulfonamides is 1. The summed E-state index contributed by atoms with van der Waals surface area (Å²) in [6.45, 7) is 3.48. The molecule has 0 saturated carbocycles. The molecule has 2 rings (SSSR count). The monoisotopic (exact) mass is 396 g/mol. The van der Waals surface area contributed by atoms with Crippen LogP contribution >= 0.6 is 11.6 Å². The molecule has 0 aliphatic heterocycles. The number of ether oxygens (including phenoxy) is 1. The Bertz CT molecular complexity index is 854. The molecule has 0 aromatic heterocycles. The van der Waals surface area contributed by atoms with E-state index in [2.05, 4.69) is 10.0 Å². The first kappa shape index (κ1) is 20.2. The van der Waals surface area contributed by atoms with Crippen molar-refractivity contribution in [1.29, 1.82) is 0 Å². The van der Waals surface area contributed by atoms with Gasteiger partial charge in [0.15, 0.2) is 6.61 Å². The molecule has 8 heteroatoms. The maximum atomic E-state index is 12.2. The van der Waals surface area contributed by atoms with Crippen molar-refractivity contribution in [3.8, 4) is 5.75 Å². The zero-order chi connectivity index (χ0) is 19.2. The molecule has 0 saturated heterocycles. The molecule has 0 aliphatic rings. The van der Waals surface area contributed by atoms with Crippen molar-refractivity contribution < 1.29 is 17.9 Å². The molecule has 0 aliphatic carbocycles. The number of carbonyl (C=O) groups excluding carboxylic acids is 1. The highest BCUT2D eigenvalue weighted by atomic mass is 35.5. The van der Waals surface area contributed by atoms with E-state index in [4.69, 9.17) is 16.3 Å². The van der Waals surface area contributed by atoms with Crippen LogP contribution in [-0.2, 0) is 14.8 Å². The lowest BCUT2D eigenvalue weighted by Gasteiger charge is -2.12. The van der Waals surface area contributed by atoms with Gasteiger partial charge in [0.1, 0.15) is 5.75 Å². The molecule has 0 fully saturated rings. The van der Waals surface area contributed by atoms with Gasteiger partial charge in [-0.15, -0.1) is 0 Å². The highest BCUT2D eigenvalue weighted by molar-refractivity contribution is 7.89. The number of anilines is 1. The van der Waals surface area contributed by atoms with E-state index < -0.39 is 10.0 Å². The van der Waals surface area contributed by atoms with Crippen LogP contribution in [0.5, 0.6) is 5.75 Å². The summed E-state index contributed by atoms with van der Waals surface area (Å²) in [4.78, 5) is 12.1. The highest BCUT2D eigenvalue weighted by Gasteiger charge is 2.16. The quantitative estimate of drug-likeness (QED) is 0.715. The van der Waals surface area contributed by atoms with Gasteiger partial charge in [-0.1, -0.05) is 30.7 Å². The maximum Gasteiger partial charge on any atom is 0.262 e. The Hall–Kier alpha value is -2.09. The van der Waals surface area contributed by atoms with Crippen LogP contribution in [0.3, 0.4) is 0 Å². The standard InChI is InChI=1S/C18H21ClN2O4S/c1-3-13(2)21-26(23,24)15-10-8-14(9-11-15)25-12-18(22)20-17-7-5-4-6-16(17)19/h4-11,13,21H,3,12H2,1-2H3,(H,20,22)/t13-/m0/s1. The molecule has 140 valence electrons. The fourth-order valence-electron chi connectivity index (χ4n) is 2.03. The van der Waals surface area contributed by atoms with Gasteiger partial charge in [-0.3, -0.25) is 4.79 Å². The summed E-state index contributed by atoms with van der Waals surface area (Å²) in [7, 11) is -3.56. The lowest BCUT2D eigenvalue weighted by molar-refractivity contribution is -0.118. The van der Waals surface area contributed by atoms with Gasteiger partial charge in [-0.2, -0.15) is 0 Å². The van der Waals surface area contributed by atoms with Gasteiger partial charge < -0.3 is 10.1 Å². The van der Waals surface area contributed by atoms with E-state index in [0.717, 1.165) is 0 Å².